The van der Waals surface area contributed by atoms with Gasteiger partial charge in [0.05, 0.1) is 6.54 Å². The largest absolute Gasteiger partial charge is 0.357 e. The smallest absolute Gasteiger partial charge is 0.191 e. The summed E-state index contributed by atoms with van der Waals surface area (Å²) >= 11 is 0. The van der Waals surface area contributed by atoms with Crippen LogP contribution >= 0.6 is 0 Å². The zero-order valence-electron chi connectivity index (χ0n) is 13.9. The summed E-state index contributed by atoms with van der Waals surface area (Å²) in [6, 6.07) is 0.924. The van der Waals surface area contributed by atoms with Crippen molar-refractivity contribution in [1.29, 1.82) is 0 Å². The molecule has 118 valence electrons. The molecule has 0 bridgehead atoms. The molecule has 20 heavy (non-hydrogen) atoms. The highest BCUT2D eigenvalue weighted by Gasteiger charge is 2.19. The molecule has 1 saturated heterocycles. The lowest BCUT2D eigenvalue weighted by molar-refractivity contribution is 0.109. The number of hydrogen-bond acceptors (Lipinski definition) is 3. The fourth-order valence-electron chi connectivity index (χ4n) is 2.45. The first-order chi connectivity index (χ1) is 9.56. The first kappa shape index (κ1) is 17.2. The van der Waals surface area contributed by atoms with Crippen LogP contribution in [0.5, 0.6) is 0 Å². The van der Waals surface area contributed by atoms with E-state index in [1.165, 1.54) is 32.7 Å². The van der Waals surface area contributed by atoms with Crippen molar-refractivity contribution < 1.29 is 0 Å². The molecule has 1 fully saturated rings. The summed E-state index contributed by atoms with van der Waals surface area (Å²) in [6.07, 6.45) is 0. The van der Waals surface area contributed by atoms with Crippen LogP contribution in [0.4, 0.5) is 0 Å². The predicted octanol–water partition coefficient (Wildman–Crippen LogP) is 0.976. The maximum absolute atomic E-state index is 4.71. The van der Waals surface area contributed by atoms with Gasteiger partial charge in [-0.05, 0) is 34.2 Å². The third kappa shape index (κ3) is 6.09. The van der Waals surface area contributed by atoms with E-state index in [4.69, 9.17) is 4.99 Å². The van der Waals surface area contributed by atoms with Crippen LogP contribution in [0.15, 0.2) is 4.99 Å². The molecule has 1 rings (SSSR count). The van der Waals surface area contributed by atoms with Gasteiger partial charge in [-0.15, -0.1) is 0 Å². The van der Waals surface area contributed by atoms with Crippen LogP contribution in [0.1, 0.15) is 34.6 Å². The molecule has 0 radical (unpaired) electrons. The van der Waals surface area contributed by atoms with Crippen LogP contribution in [-0.2, 0) is 0 Å². The number of nitrogens with zero attached hydrogens (tertiary/aromatic N) is 3. The molecule has 1 heterocycles. The Kier molecular flexibility index (Phi) is 7.92. The number of guanidine groups is 1. The quantitative estimate of drug-likeness (QED) is 0.563. The maximum Gasteiger partial charge on any atom is 0.191 e. The van der Waals surface area contributed by atoms with Gasteiger partial charge in [0.2, 0.25) is 0 Å². The standard InChI is InChI=1S/C15H33N5/c1-6-16-15(18-13(3)4)17-12-14(5)20-10-8-19(7-2)9-11-20/h13-14H,6-12H2,1-5H3,(H2,16,17,18). The Morgan fingerprint density at radius 1 is 1.10 bits per heavy atom. The van der Waals surface area contributed by atoms with Crippen molar-refractivity contribution in [3.8, 4) is 0 Å². The number of rotatable bonds is 6. The van der Waals surface area contributed by atoms with Crippen LogP contribution < -0.4 is 10.6 Å². The van der Waals surface area contributed by atoms with Gasteiger partial charge in [-0.2, -0.15) is 0 Å². The van der Waals surface area contributed by atoms with Crippen molar-refractivity contribution in [2.75, 3.05) is 45.8 Å². The normalized spacial score (nSPS) is 20.2. The third-order valence-electron chi connectivity index (χ3n) is 3.76. The summed E-state index contributed by atoms with van der Waals surface area (Å²) in [7, 11) is 0. The van der Waals surface area contributed by atoms with Gasteiger partial charge in [0, 0.05) is 44.8 Å². The average molecular weight is 283 g/mol. The lowest BCUT2D eigenvalue weighted by Crippen LogP contribution is -2.50. The predicted molar refractivity (Wildman–Crippen MR) is 87.4 cm³/mol. The van der Waals surface area contributed by atoms with E-state index in [-0.39, 0.29) is 0 Å². The van der Waals surface area contributed by atoms with E-state index in [0.29, 0.717) is 12.1 Å². The molecule has 5 nitrogen and oxygen atoms in total. The highest BCUT2D eigenvalue weighted by atomic mass is 15.3. The van der Waals surface area contributed by atoms with Crippen molar-refractivity contribution in [3.05, 3.63) is 0 Å². The van der Waals surface area contributed by atoms with Gasteiger partial charge >= 0.3 is 0 Å². The lowest BCUT2D eigenvalue weighted by atomic mass is 10.2. The monoisotopic (exact) mass is 283 g/mol. The zero-order chi connectivity index (χ0) is 15.0. The van der Waals surface area contributed by atoms with E-state index in [1.54, 1.807) is 0 Å². The summed E-state index contributed by atoms with van der Waals surface area (Å²) in [6.45, 7) is 18.5. The minimum absolute atomic E-state index is 0.413. The van der Waals surface area contributed by atoms with Gasteiger partial charge in [0.25, 0.3) is 0 Å². The minimum atomic E-state index is 0.413. The number of aliphatic imine (C=N–C) groups is 1. The fraction of sp³-hybridized carbons (Fsp3) is 0.933. The first-order valence-electron chi connectivity index (χ1n) is 8.08. The molecule has 1 aliphatic heterocycles. The van der Waals surface area contributed by atoms with Gasteiger partial charge < -0.3 is 15.5 Å². The first-order valence-corrected chi connectivity index (χ1v) is 8.08. The second-order valence-electron chi connectivity index (χ2n) is 5.84. The molecule has 0 spiro atoms. The molecule has 0 aromatic rings. The van der Waals surface area contributed by atoms with Gasteiger partial charge in [-0.3, -0.25) is 9.89 Å². The molecule has 5 heteroatoms. The van der Waals surface area contributed by atoms with E-state index in [1.807, 2.05) is 0 Å². The van der Waals surface area contributed by atoms with Gasteiger partial charge in [0.15, 0.2) is 5.96 Å². The number of nitrogens with one attached hydrogen (secondary N) is 2. The molecular weight excluding hydrogens is 250 g/mol. The van der Waals surface area contributed by atoms with Crippen molar-refractivity contribution in [2.45, 2.75) is 46.7 Å². The summed E-state index contributed by atoms with van der Waals surface area (Å²) in [4.78, 5) is 9.77. The second-order valence-corrected chi connectivity index (χ2v) is 5.84. The van der Waals surface area contributed by atoms with Crippen LogP contribution in [0.2, 0.25) is 0 Å². The molecule has 0 aliphatic carbocycles. The second kappa shape index (κ2) is 9.19. The molecule has 1 unspecified atom stereocenters. The Bertz CT molecular complexity index is 282. The summed E-state index contributed by atoms with van der Waals surface area (Å²) in [5.41, 5.74) is 0. The van der Waals surface area contributed by atoms with E-state index >= 15 is 0 Å². The molecule has 0 amide bonds. The van der Waals surface area contributed by atoms with Crippen LogP contribution in [-0.4, -0.2) is 73.7 Å². The fourth-order valence-corrected chi connectivity index (χ4v) is 2.45. The van der Waals surface area contributed by atoms with E-state index in [9.17, 15) is 0 Å². The Balaban J connectivity index is 2.41. The zero-order valence-corrected chi connectivity index (χ0v) is 13.9. The summed E-state index contributed by atoms with van der Waals surface area (Å²) < 4.78 is 0. The Morgan fingerprint density at radius 2 is 1.75 bits per heavy atom. The van der Waals surface area contributed by atoms with Crippen molar-refractivity contribution in [1.82, 2.24) is 20.4 Å². The van der Waals surface area contributed by atoms with Crippen LogP contribution in [0.3, 0.4) is 0 Å². The topological polar surface area (TPSA) is 42.9 Å². The number of piperazine rings is 1. The molecule has 0 aromatic heterocycles. The molecule has 2 N–H and O–H groups in total. The SMILES string of the molecule is CCNC(=NCC(C)N1CCN(CC)CC1)NC(C)C. The van der Waals surface area contributed by atoms with Crippen LogP contribution in [0, 0.1) is 0 Å². The molecular formula is C15H33N5. The number of hydrogen-bond donors (Lipinski definition) is 2. The van der Waals surface area contributed by atoms with Gasteiger partial charge in [-0.25, -0.2) is 0 Å². The summed E-state index contributed by atoms with van der Waals surface area (Å²) in [5.74, 6) is 0.932. The number of likely N-dealkylation sites (N-methyl/N-ethyl adjacent to an activating group) is 1. The molecule has 1 atom stereocenters. The highest BCUT2D eigenvalue weighted by Crippen LogP contribution is 2.06. The minimum Gasteiger partial charge on any atom is -0.357 e. The Hall–Kier alpha value is -0.810. The highest BCUT2D eigenvalue weighted by molar-refractivity contribution is 5.79. The van der Waals surface area contributed by atoms with Crippen molar-refractivity contribution in [2.24, 2.45) is 4.99 Å². The van der Waals surface area contributed by atoms with E-state index in [0.717, 1.165) is 19.0 Å². The molecule has 0 aromatic carbocycles. The van der Waals surface area contributed by atoms with E-state index < -0.39 is 0 Å². The van der Waals surface area contributed by atoms with Crippen molar-refractivity contribution in [3.63, 3.8) is 0 Å². The lowest BCUT2D eigenvalue weighted by Gasteiger charge is -2.37. The van der Waals surface area contributed by atoms with Gasteiger partial charge in [-0.1, -0.05) is 6.92 Å². The molecule has 1 aliphatic rings. The average Bonchev–Trinajstić information content (AvgIpc) is 2.44. The maximum atomic E-state index is 4.71. The summed E-state index contributed by atoms with van der Waals surface area (Å²) in [5, 5.41) is 6.67. The van der Waals surface area contributed by atoms with Crippen molar-refractivity contribution >= 4 is 5.96 Å². The Morgan fingerprint density at radius 3 is 2.25 bits per heavy atom. The van der Waals surface area contributed by atoms with Gasteiger partial charge in [0.1, 0.15) is 0 Å². The third-order valence-corrected chi connectivity index (χ3v) is 3.76. The van der Waals surface area contributed by atoms with E-state index in [2.05, 4.69) is 55.1 Å². The molecule has 0 saturated carbocycles. The van der Waals surface area contributed by atoms with Crippen LogP contribution in [0.25, 0.3) is 0 Å². The Labute approximate surface area is 124 Å².